The van der Waals surface area contributed by atoms with Crippen molar-refractivity contribution < 1.29 is 0 Å². The normalized spacial score (nSPS) is 20.4. The zero-order chi connectivity index (χ0) is 11.4. The van der Waals surface area contributed by atoms with Crippen molar-refractivity contribution in [1.29, 1.82) is 0 Å². The van der Waals surface area contributed by atoms with Gasteiger partial charge in [-0.15, -0.1) is 0 Å². The number of hydrogen-bond acceptors (Lipinski definition) is 3. The highest BCUT2D eigenvalue weighted by Gasteiger charge is 2.18. The highest BCUT2D eigenvalue weighted by molar-refractivity contribution is 5.24. The summed E-state index contributed by atoms with van der Waals surface area (Å²) >= 11 is 0. The maximum Gasteiger partial charge on any atom is 0.0324 e. The third-order valence-corrected chi connectivity index (χ3v) is 3.44. The van der Waals surface area contributed by atoms with Crippen LogP contribution in [0.25, 0.3) is 0 Å². The number of nitrogens with one attached hydrogen (secondary N) is 1. The van der Waals surface area contributed by atoms with Crippen LogP contribution in [0.15, 0.2) is 18.5 Å². The summed E-state index contributed by atoms with van der Waals surface area (Å²) in [5, 5.41) is 3.44. The lowest BCUT2D eigenvalue weighted by molar-refractivity contribution is 0.224. The van der Waals surface area contributed by atoms with Gasteiger partial charge in [-0.25, -0.2) is 0 Å². The molecule has 88 valence electrons. The fourth-order valence-electron chi connectivity index (χ4n) is 2.40. The first-order valence-electron chi connectivity index (χ1n) is 6.14. The Bertz CT molecular complexity index is 330. The van der Waals surface area contributed by atoms with E-state index in [0.717, 1.165) is 19.6 Å². The predicted octanol–water partition coefficient (Wildman–Crippen LogP) is 1.75. The van der Waals surface area contributed by atoms with Crippen LogP contribution in [0.5, 0.6) is 0 Å². The summed E-state index contributed by atoms with van der Waals surface area (Å²) in [5.74, 6) is 0. The summed E-state index contributed by atoms with van der Waals surface area (Å²) in [4.78, 5) is 6.72. The van der Waals surface area contributed by atoms with Crippen molar-refractivity contribution in [2.75, 3.05) is 26.2 Å². The number of aryl methyl sites for hydroxylation is 1. The molecule has 0 radical (unpaired) electrons. The molecule has 0 amide bonds. The van der Waals surface area contributed by atoms with Crippen LogP contribution in [0.4, 0.5) is 0 Å². The number of aromatic nitrogens is 1. The van der Waals surface area contributed by atoms with E-state index in [1.807, 2.05) is 12.4 Å². The third kappa shape index (κ3) is 2.60. The van der Waals surface area contributed by atoms with Gasteiger partial charge in [0.25, 0.3) is 0 Å². The summed E-state index contributed by atoms with van der Waals surface area (Å²) in [6, 6.07) is 2.65. The van der Waals surface area contributed by atoms with E-state index < -0.39 is 0 Å². The molecule has 3 nitrogen and oxygen atoms in total. The van der Waals surface area contributed by atoms with Gasteiger partial charge in [0.2, 0.25) is 0 Å². The van der Waals surface area contributed by atoms with Crippen LogP contribution >= 0.6 is 0 Å². The molecule has 0 saturated carbocycles. The zero-order valence-electron chi connectivity index (χ0n) is 10.2. The van der Waals surface area contributed by atoms with Gasteiger partial charge in [-0.3, -0.25) is 9.88 Å². The standard InChI is InChI=1S/C13H21N3/c1-11-10-15-6-4-13(11)12(2)16-8-3-5-14-7-9-16/h4,6,10,12,14H,3,5,7-9H2,1-2H3. The van der Waals surface area contributed by atoms with Crippen molar-refractivity contribution in [2.45, 2.75) is 26.3 Å². The predicted molar refractivity (Wildman–Crippen MR) is 66.4 cm³/mol. The SMILES string of the molecule is Cc1cnccc1C(C)N1CCCNCC1. The summed E-state index contributed by atoms with van der Waals surface area (Å²) in [5.41, 5.74) is 2.71. The van der Waals surface area contributed by atoms with Gasteiger partial charge in [0.15, 0.2) is 0 Å². The van der Waals surface area contributed by atoms with Gasteiger partial charge in [-0.2, -0.15) is 0 Å². The van der Waals surface area contributed by atoms with Crippen LogP contribution in [0.3, 0.4) is 0 Å². The fraction of sp³-hybridized carbons (Fsp3) is 0.615. The van der Waals surface area contributed by atoms with Crippen molar-refractivity contribution in [3.8, 4) is 0 Å². The van der Waals surface area contributed by atoms with E-state index in [0.29, 0.717) is 6.04 Å². The van der Waals surface area contributed by atoms with Gasteiger partial charge in [0.05, 0.1) is 0 Å². The molecule has 2 rings (SSSR count). The molecular formula is C13H21N3. The van der Waals surface area contributed by atoms with Gasteiger partial charge >= 0.3 is 0 Å². The van der Waals surface area contributed by atoms with Crippen LogP contribution in [0.1, 0.15) is 30.5 Å². The first-order chi connectivity index (χ1) is 7.79. The van der Waals surface area contributed by atoms with E-state index in [1.165, 1.54) is 24.1 Å². The topological polar surface area (TPSA) is 28.2 Å². The number of nitrogens with zero attached hydrogens (tertiary/aromatic N) is 2. The molecule has 1 aromatic rings. The van der Waals surface area contributed by atoms with Gasteiger partial charge in [0, 0.05) is 31.5 Å². The minimum Gasteiger partial charge on any atom is -0.315 e. The molecule has 1 aliphatic rings. The third-order valence-electron chi connectivity index (χ3n) is 3.44. The summed E-state index contributed by atoms with van der Waals surface area (Å²) in [7, 11) is 0. The van der Waals surface area contributed by atoms with Gasteiger partial charge in [0.1, 0.15) is 0 Å². The molecule has 1 N–H and O–H groups in total. The molecule has 0 bridgehead atoms. The van der Waals surface area contributed by atoms with E-state index in [4.69, 9.17) is 0 Å². The molecule has 16 heavy (non-hydrogen) atoms. The Balaban J connectivity index is 2.11. The Morgan fingerprint density at radius 2 is 2.25 bits per heavy atom. The average Bonchev–Trinajstić information content (AvgIpc) is 2.57. The Hall–Kier alpha value is -0.930. The lowest BCUT2D eigenvalue weighted by atomic mass is 10.0. The minimum atomic E-state index is 0.503. The summed E-state index contributed by atoms with van der Waals surface area (Å²) in [6.07, 6.45) is 5.10. The molecule has 0 aromatic carbocycles. The van der Waals surface area contributed by atoms with Crippen molar-refractivity contribution in [3.63, 3.8) is 0 Å². The molecule has 1 unspecified atom stereocenters. The maximum atomic E-state index is 4.16. The smallest absolute Gasteiger partial charge is 0.0324 e. The number of hydrogen-bond donors (Lipinski definition) is 1. The number of rotatable bonds is 2. The van der Waals surface area contributed by atoms with E-state index in [2.05, 4.69) is 35.1 Å². The Labute approximate surface area is 97.9 Å². The van der Waals surface area contributed by atoms with Gasteiger partial charge in [-0.05, 0) is 50.6 Å². The highest BCUT2D eigenvalue weighted by atomic mass is 15.2. The Morgan fingerprint density at radius 1 is 1.38 bits per heavy atom. The van der Waals surface area contributed by atoms with Crippen molar-refractivity contribution in [3.05, 3.63) is 29.6 Å². The second-order valence-corrected chi connectivity index (χ2v) is 4.55. The van der Waals surface area contributed by atoms with Crippen LogP contribution in [0, 0.1) is 6.92 Å². The lowest BCUT2D eigenvalue weighted by Crippen LogP contribution is -2.31. The van der Waals surface area contributed by atoms with Crippen molar-refractivity contribution >= 4 is 0 Å². The highest BCUT2D eigenvalue weighted by Crippen LogP contribution is 2.22. The van der Waals surface area contributed by atoms with Gasteiger partial charge < -0.3 is 5.32 Å². The number of pyridine rings is 1. The van der Waals surface area contributed by atoms with E-state index >= 15 is 0 Å². The van der Waals surface area contributed by atoms with Crippen LogP contribution < -0.4 is 5.32 Å². The molecule has 2 heterocycles. The minimum absolute atomic E-state index is 0.503. The fourth-order valence-corrected chi connectivity index (χ4v) is 2.40. The van der Waals surface area contributed by atoms with E-state index in [9.17, 15) is 0 Å². The molecule has 1 saturated heterocycles. The maximum absolute atomic E-state index is 4.16. The molecule has 0 aliphatic carbocycles. The van der Waals surface area contributed by atoms with Crippen LogP contribution in [-0.2, 0) is 0 Å². The molecule has 1 atom stereocenters. The van der Waals surface area contributed by atoms with Gasteiger partial charge in [-0.1, -0.05) is 0 Å². The first-order valence-corrected chi connectivity index (χ1v) is 6.14. The second kappa shape index (κ2) is 5.41. The monoisotopic (exact) mass is 219 g/mol. The second-order valence-electron chi connectivity index (χ2n) is 4.55. The molecule has 1 aromatic heterocycles. The van der Waals surface area contributed by atoms with Crippen molar-refractivity contribution in [1.82, 2.24) is 15.2 Å². The molecule has 3 heteroatoms. The lowest BCUT2D eigenvalue weighted by Gasteiger charge is -2.28. The largest absolute Gasteiger partial charge is 0.315 e. The van der Waals surface area contributed by atoms with Crippen molar-refractivity contribution in [2.24, 2.45) is 0 Å². The van der Waals surface area contributed by atoms with Crippen LogP contribution in [0.2, 0.25) is 0 Å². The average molecular weight is 219 g/mol. The van der Waals surface area contributed by atoms with E-state index in [-0.39, 0.29) is 0 Å². The Morgan fingerprint density at radius 3 is 3.06 bits per heavy atom. The quantitative estimate of drug-likeness (QED) is 0.821. The first kappa shape index (κ1) is 11.6. The summed E-state index contributed by atoms with van der Waals surface area (Å²) in [6.45, 7) is 9.04. The molecule has 1 fully saturated rings. The molecular weight excluding hydrogens is 198 g/mol. The molecule has 1 aliphatic heterocycles. The summed E-state index contributed by atoms with van der Waals surface area (Å²) < 4.78 is 0. The Kier molecular flexibility index (Phi) is 3.91. The van der Waals surface area contributed by atoms with E-state index in [1.54, 1.807) is 0 Å². The van der Waals surface area contributed by atoms with Crippen LogP contribution in [-0.4, -0.2) is 36.1 Å². The zero-order valence-corrected chi connectivity index (χ0v) is 10.2. The molecule has 0 spiro atoms.